The smallest absolute Gasteiger partial charge is 0.263 e. The first-order valence-electron chi connectivity index (χ1n) is 5.98. The monoisotopic (exact) mass is 307 g/mol. The number of alkyl halides is 2. The Morgan fingerprint density at radius 2 is 1.90 bits per heavy atom. The van der Waals surface area contributed by atoms with Crippen LogP contribution in [0.5, 0.6) is 0 Å². The summed E-state index contributed by atoms with van der Waals surface area (Å²) in [6, 6.07) is 10.4. The van der Waals surface area contributed by atoms with Crippen molar-refractivity contribution in [2.75, 3.05) is 5.32 Å². The van der Waals surface area contributed by atoms with Crippen molar-refractivity contribution in [1.29, 1.82) is 0 Å². The Hall–Kier alpha value is -1.72. The highest BCUT2D eigenvalue weighted by Crippen LogP contribution is 2.33. The van der Waals surface area contributed by atoms with Crippen molar-refractivity contribution in [3.8, 4) is 10.4 Å². The maximum absolute atomic E-state index is 12.7. The second-order valence-corrected chi connectivity index (χ2v) is 5.95. The van der Waals surface area contributed by atoms with Gasteiger partial charge in [0.2, 0.25) is 0 Å². The van der Waals surface area contributed by atoms with E-state index < -0.39 is 6.43 Å². The molecular weight excluding hydrogens is 296 g/mol. The van der Waals surface area contributed by atoms with E-state index in [4.69, 9.17) is 0 Å². The number of hydrogen-bond donors (Lipinski definition) is 1. The van der Waals surface area contributed by atoms with E-state index in [-0.39, 0.29) is 5.56 Å². The molecule has 0 aliphatic heterocycles. The van der Waals surface area contributed by atoms with E-state index in [0.29, 0.717) is 5.69 Å². The van der Waals surface area contributed by atoms with Gasteiger partial charge in [-0.05, 0) is 35.0 Å². The van der Waals surface area contributed by atoms with Gasteiger partial charge >= 0.3 is 0 Å². The zero-order valence-corrected chi connectivity index (χ0v) is 12.0. The highest BCUT2D eigenvalue weighted by molar-refractivity contribution is 7.14. The van der Waals surface area contributed by atoms with Crippen molar-refractivity contribution >= 4 is 34.0 Å². The fraction of sp³-hybridized carbons (Fsp3) is 0.0667. The molecule has 1 aromatic carbocycles. The van der Waals surface area contributed by atoms with Crippen LogP contribution in [-0.2, 0) is 0 Å². The summed E-state index contributed by atoms with van der Waals surface area (Å²) in [5, 5.41) is 9.28. The molecule has 0 aliphatic carbocycles. The number of benzene rings is 1. The second-order valence-electron chi connectivity index (χ2n) is 4.26. The Bertz CT molecular complexity index is 689. The topological polar surface area (TPSA) is 12.0 Å². The summed E-state index contributed by atoms with van der Waals surface area (Å²) >= 11 is 3.29. The minimum atomic E-state index is -2.44. The predicted molar refractivity (Wildman–Crippen MR) is 82.3 cm³/mol. The second kappa shape index (κ2) is 5.73. The van der Waals surface area contributed by atoms with Crippen molar-refractivity contribution in [1.82, 2.24) is 0 Å². The number of rotatable bonds is 4. The maximum atomic E-state index is 12.7. The van der Waals surface area contributed by atoms with Crippen molar-refractivity contribution in [3.05, 3.63) is 58.1 Å². The molecule has 5 heteroatoms. The average molecular weight is 307 g/mol. The number of nitrogens with one attached hydrogen (secondary N) is 1. The fourth-order valence-corrected chi connectivity index (χ4v) is 3.45. The minimum absolute atomic E-state index is 0.0308. The molecule has 0 spiro atoms. The molecule has 2 heterocycles. The van der Waals surface area contributed by atoms with Crippen molar-refractivity contribution in [2.24, 2.45) is 0 Å². The van der Waals surface area contributed by atoms with Crippen LogP contribution < -0.4 is 5.32 Å². The van der Waals surface area contributed by atoms with E-state index in [1.54, 1.807) is 34.8 Å². The molecule has 1 N–H and O–H groups in total. The van der Waals surface area contributed by atoms with Gasteiger partial charge in [-0.15, -0.1) is 11.3 Å². The summed E-state index contributed by atoms with van der Waals surface area (Å²) in [6.07, 6.45) is -2.44. The summed E-state index contributed by atoms with van der Waals surface area (Å²) in [7, 11) is 0. The SMILES string of the molecule is FC(F)c1cccc(Nc2csc(-c3ccsc3)c2)c1. The highest BCUT2D eigenvalue weighted by Gasteiger charge is 2.08. The molecule has 20 heavy (non-hydrogen) atoms. The standard InChI is InChI=1S/C15H11F2NS2/c16-15(17)10-2-1-3-12(6-10)18-13-7-14(20-9-13)11-4-5-19-8-11/h1-9,15,18H. The molecule has 102 valence electrons. The third-order valence-corrected chi connectivity index (χ3v) is 4.49. The van der Waals surface area contributed by atoms with Crippen molar-refractivity contribution < 1.29 is 8.78 Å². The van der Waals surface area contributed by atoms with Gasteiger partial charge in [0.05, 0.1) is 0 Å². The van der Waals surface area contributed by atoms with Gasteiger partial charge in [-0.1, -0.05) is 12.1 Å². The maximum Gasteiger partial charge on any atom is 0.263 e. The largest absolute Gasteiger partial charge is 0.355 e. The van der Waals surface area contributed by atoms with E-state index in [0.717, 1.165) is 5.69 Å². The Kier molecular flexibility index (Phi) is 3.80. The first-order chi connectivity index (χ1) is 9.72. The molecule has 0 unspecified atom stereocenters. The van der Waals surface area contributed by atoms with Gasteiger partial charge in [0.25, 0.3) is 6.43 Å². The molecule has 0 fully saturated rings. The molecule has 2 aromatic heterocycles. The molecule has 0 saturated heterocycles. The van der Waals surface area contributed by atoms with E-state index in [1.807, 2.05) is 16.8 Å². The third-order valence-electron chi connectivity index (χ3n) is 2.83. The Balaban J connectivity index is 1.80. The molecule has 3 aromatic rings. The zero-order chi connectivity index (χ0) is 13.9. The highest BCUT2D eigenvalue weighted by atomic mass is 32.1. The lowest BCUT2D eigenvalue weighted by atomic mass is 10.2. The van der Waals surface area contributed by atoms with Gasteiger partial charge in [-0.2, -0.15) is 11.3 Å². The van der Waals surface area contributed by atoms with Crippen LogP contribution in [0.4, 0.5) is 20.2 Å². The fourth-order valence-electron chi connectivity index (χ4n) is 1.88. The van der Waals surface area contributed by atoms with E-state index in [1.165, 1.54) is 22.6 Å². The minimum Gasteiger partial charge on any atom is -0.355 e. The summed E-state index contributed by atoms with van der Waals surface area (Å²) in [6.45, 7) is 0. The zero-order valence-electron chi connectivity index (χ0n) is 10.3. The van der Waals surface area contributed by atoms with Crippen LogP contribution in [0.15, 0.2) is 52.5 Å². The first kappa shape index (κ1) is 13.3. The Morgan fingerprint density at radius 3 is 2.65 bits per heavy atom. The van der Waals surface area contributed by atoms with Gasteiger partial charge in [-0.3, -0.25) is 0 Å². The van der Waals surface area contributed by atoms with E-state index in [9.17, 15) is 8.78 Å². The van der Waals surface area contributed by atoms with Crippen LogP contribution >= 0.6 is 22.7 Å². The van der Waals surface area contributed by atoms with Crippen LogP contribution in [0.25, 0.3) is 10.4 Å². The van der Waals surface area contributed by atoms with Gasteiger partial charge in [0.1, 0.15) is 0 Å². The van der Waals surface area contributed by atoms with Gasteiger partial charge in [-0.25, -0.2) is 8.78 Å². The van der Waals surface area contributed by atoms with E-state index >= 15 is 0 Å². The third kappa shape index (κ3) is 2.89. The Morgan fingerprint density at radius 1 is 1.00 bits per heavy atom. The normalized spacial score (nSPS) is 10.9. The molecule has 0 bridgehead atoms. The van der Waals surface area contributed by atoms with Gasteiger partial charge < -0.3 is 5.32 Å². The summed E-state index contributed by atoms with van der Waals surface area (Å²) in [4.78, 5) is 1.17. The van der Waals surface area contributed by atoms with Crippen molar-refractivity contribution in [3.63, 3.8) is 0 Å². The van der Waals surface area contributed by atoms with Crippen LogP contribution in [0.3, 0.4) is 0 Å². The lowest BCUT2D eigenvalue weighted by molar-refractivity contribution is 0.151. The van der Waals surface area contributed by atoms with Gasteiger partial charge in [0.15, 0.2) is 0 Å². The molecule has 0 atom stereocenters. The summed E-state index contributed by atoms with van der Waals surface area (Å²) in [5.41, 5.74) is 2.82. The summed E-state index contributed by atoms with van der Waals surface area (Å²) in [5.74, 6) is 0. The van der Waals surface area contributed by atoms with Crippen molar-refractivity contribution in [2.45, 2.75) is 6.43 Å². The molecule has 0 radical (unpaired) electrons. The number of hydrogen-bond acceptors (Lipinski definition) is 3. The molecular formula is C15H11F2NS2. The lowest BCUT2D eigenvalue weighted by Gasteiger charge is -2.06. The Labute approximate surface area is 123 Å². The van der Waals surface area contributed by atoms with Crippen LogP contribution in [0.1, 0.15) is 12.0 Å². The summed E-state index contributed by atoms with van der Waals surface area (Å²) < 4.78 is 25.3. The number of thiophene rings is 2. The molecule has 3 rings (SSSR count). The van der Waals surface area contributed by atoms with E-state index in [2.05, 4.69) is 16.8 Å². The number of anilines is 2. The quantitative estimate of drug-likeness (QED) is 0.609. The predicted octanol–water partition coefficient (Wildman–Crippen LogP) is 6.16. The lowest BCUT2D eigenvalue weighted by Crippen LogP contribution is -1.90. The molecule has 1 nitrogen and oxygen atoms in total. The first-order valence-corrected chi connectivity index (χ1v) is 7.81. The van der Waals surface area contributed by atoms with Gasteiger partial charge in [0, 0.05) is 32.8 Å². The van der Waals surface area contributed by atoms with Crippen LogP contribution in [0, 0.1) is 0 Å². The molecule has 0 aliphatic rings. The van der Waals surface area contributed by atoms with Crippen LogP contribution in [-0.4, -0.2) is 0 Å². The average Bonchev–Trinajstić information content (AvgIpc) is 3.09. The molecule has 0 saturated carbocycles. The number of halogens is 2. The molecule has 0 amide bonds. The van der Waals surface area contributed by atoms with Crippen LogP contribution in [0.2, 0.25) is 0 Å².